The van der Waals surface area contributed by atoms with Crippen LogP contribution in [0.5, 0.6) is 5.75 Å². The fourth-order valence-corrected chi connectivity index (χ4v) is 2.21. The summed E-state index contributed by atoms with van der Waals surface area (Å²) in [6.07, 6.45) is 0. The van der Waals surface area contributed by atoms with Crippen molar-refractivity contribution in [2.24, 2.45) is 0 Å². The lowest BCUT2D eigenvalue weighted by molar-refractivity contribution is 0.0963. The largest absolute Gasteiger partial charge is 0.495 e. The lowest BCUT2D eigenvalue weighted by atomic mass is 10.2. The van der Waals surface area contributed by atoms with Gasteiger partial charge in [-0.1, -0.05) is 29.3 Å². The van der Waals surface area contributed by atoms with Crippen LogP contribution in [0.1, 0.15) is 10.4 Å². The highest BCUT2D eigenvalue weighted by Crippen LogP contribution is 2.27. The number of amides is 3. The first-order valence-corrected chi connectivity index (χ1v) is 7.08. The molecule has 2 aromatic rings. The molecule has 0 aliphatic heterocycles. The number of hydrogen-bond acceptors (Lipinski definition) is 3. The molecule has 0 aliphatic rings. The molecule has 0 atom stereocenters. The summed E-state index contributed by atoms with van der Waals surface area (Å²) >= 11 is 11.6. The van der Waals surface area contributed by atoms with Crippen LogP contribution in [0.4, 0.5) is 14.9 Å². The average molecular weight is 357 g/mol. The maximum Gasteiger partial charge on any atom is 0.326 e. The van der Waals surface area contributed by atoms with Crippen molar-refractivity contribution in [1.29, 1.82) is 0 Å². The van der Waals surface area contributed by atoms with Crippen LogP contribution in [0, 0.1) is 5.82 Å². The molecule has 0 spiro atoms. The van der Waals surface area contributed by atoms with Gasteiger partial charge in [-0.2, -0.15) is 0 Å². The van der Waals surface area contributed by atoms with E-state index in [1.54, 1.807) is 0 Å². The number of anilines is 1. The van der Waals surface area contributed by atoms with E-state index in [9.17, 15) is 14.0 Å². The van der Waals surface area contributed by atoms with E-state index in [0.717, 1.165) is 6.07 Å². The molecule has 0 fully saturated rings. The summed E-state index contributed by atoms with van der Waals surface area (Å²) in [7, 11) is 1.40. The highest BCUT2D eigenvalue weighted by atomic mass is 35.5. The van der Waals surface area contributed by atoms with Crippen LogP contribution in [0.25, 0.3) is 0 Å². The van der Waals surface area contributed by atoms with Crippen molar-refractivity contribution < 1.29 is 18.7 Å². The lowest BCUT2D eigenvalue weighted by Gasteiger charge is -2.11. The van der Waals surface area contributed by atoms with Crippen molar-refractivity contribution in [3.63, 3.8) is 0 Å². The van der Waals surface area contributed by atoms with Gasteiger partial charge < -0.3 is 10.1 Å². The summed E-state index contributed by atoms with van der Waals surface area (Å²) < 4.78 is 18.7. The van der Waals surface area contributed by atoms with Gasteiger partial charge >= 0.3 is 6.03 Å². The quantitative estimate of drug-likeness (QED) is 0.869. The van der Waals surface area contributed by atoms with Gasteiger partial charge in [0, 0.05) is 11.1 Å². The van der Waals surface area contributed by atoms with Crippen molar-refractivity contribution in [3.05, 3.63) is 57.8 Å². The van der Waals surface area contributed by atoms with Crippen LogP contribution in [0.2, 0.25) is 10.0 Å². The first-order chi connectivity index (χ1) is 10.9. The number of carbonyl (C=O) groups is 2. The Kier molecular flexibility index (Phi) is 5.41. The molecule has 0 saturated heterocycles. The Hall–Kier alpha value is -2.31. The Bertz CT molecular complexity index is 748. The number of methoxy groups -OCH3 is 1. The number of imide groups is 1. The first-order valence-electron chi connectivity index (χ1n) is 6.32. The summed E-state index contributed by atoms with van der Waals surface area (Å²) in [6, 6.07) is 7.44. The topological polar surface area (TPSA) is 67.4 Å². The molecule has 0 heterocycles. The van der Waals surface area contributed by atoms with E-state index in [4.69, 9.17) is 27.9 Å². The van der Waals surface area contributed by atoms with Crippen molar-refractivity contribution in [3.8, 4) is 5.75 Å². The second-order valence-electron chi connectivity index (χ2n) is 4.35. The normalized spacial score (nSPS) is 10.1. The van der Waals surface area contributed by atoms with Gasteiger partial charge in [0.25, 0.3) is 5.91 Å². The van der Waals surface area contributed by atoms with Crippen molar-refractivity contribution in [2.75, 3.05) is 12.4 Å². The van der Waals surface area contributed by atoms with E-state index in [0.29, 0.717) is 16.5 Å². The van der Waals surface area contributed by atoms with E-state index >= 15 is 0 Å². The molecule has 2 rings (SSSR count). The predicted octanol–water partition coefficient (Wildman–Crippen LogP) is 4.10. The van der Waals surface area contributed by atoms with Gasteiger partial charge in [0.1, 0.15) is 11.6 Å². The number of halogens is 3. The molecule has 0 bridgehead atoms. The summed E-state index contributed by atoms with van der Waals surface area (Å²) in [5.41, 5.74) is -0.116. The molecular weight excluding hydrogens is 346 g/mol. The highest BCUT2D eigenvalue weighted by molar-refractivity contribution is 6.34. The second kappa shape index (κ2) is 7.30. The van der Waals surface area contributed by atoms with Crippen molar-refractivity contribution in [2.45, 2.75) is 0 Å². The smallest absolute Gasteiger partial charge is 0.326 e. The Morgan fingerprint density at radius 1 is 1.17 bits per heavy atom. The third kappa shape index (κ3) is 4.12. The molecule has 120 valence electrons. The maximum atomic E-state index is 13.6. The minimum absolute atomic E-state index is 0.0978. The molecule has 5 nitrogen and oxygen atoms in total. The van der Waals surface area contributed by atoms with E-state index in [2.05, 4.69) is 5.32 Å². The van der Waals surface area contributed by atoms with Crippen molar-refractivity contribution in [1.82, 2.24) is 5.32 Å². The van der Waals surface area contributed by atoms with Gasteiger partial charge in [-0.05, 0) is 24.3 Å². The van der Waals surface area contributed by atoms with Gasteiger partial charge in [0.05, 0.1) is 23.4 Å². The zero-order valence-corrected chi connectivity index (χ0v) is 13.3. The van der Waals surface area contributed by atoms with Gasteiger partial charge in [-0.25, -0.2) is 9.18 Å². The Morgan fingerprint density at radius 3 is 2.57 bits per heavy atom. The van der Waals surface area contributed by atoms with Crippen LogP contribution < -0.4 is 15.4 Å². The Labute approximate surface area is 141 Å². The standard InChI is InChI=1S/C15H11Cl2FN2O3/c1-23-12-7-8(16)5-6-11(12)19-15(22)20-14(21)13-9(17)3-2-4-10(13)18/h2-7H,1H3,(H2,19,20,21,22). The van der Waals surface area contributed by atoms with E-state index < -0.39 is 23.3 Å². The maximum absolute atomic E-state index is 13.6. The number of carbonyl (C=O) groups excluding carboxylic acids is 2. The van der Waals surface area contributed by atoms with Crippen molar-refractivity contribution >= 4 is 40.8 Å². The third-order valence-corrected chi connectivity index (χ3v) is 3.38. The molecule has 2 aromatic carbocycles. The van der Waals surface area contributed by atoms with Crippen LogP contribution in [0.15, 0.2) is 36.4 Å². The number of ether oxygens (including phenoxy) is 1. The summed E-state index contributed by atoms with van der Waals surface area (Å²) in [5, 5.41) is 4.72. The number of benzene rings is 2. The second-order valence-corrected chi connectivity index (χ2v) is 5.19. The molecule has 8 heteroatoms. The van der Waals surface area contributed by atoms with E-state index in [1.807, 2.05) is 5.32 Å². The highest BCUT2D eigenvalue weighted by Gasteiger charge is 2.18. The van der Waals surface area contributed by atoms with Crippen LogP contribution >= 0.6 is 23.2 Å². The summed E-state index contributed by atoms with van der Waals surface area (Å²) in [4.78, 5) is 23.8. The molecule has 0 aliphatic carbocycles. The summed E-state index contributed by atoms with van der Waals surface area (Å²) in [5.74, 6) is -1.48. The molecular formula is C15H11Cl2FN2O3. The van der Waals surface area contributed by atoms with Gasteiger partial charge in [-0.3, -0.25) is 10.1 Å². The Morgan fingerprint density at radius 2 is 1.91 bits per heavy atom. The third-order valence-electron chi connectivity index (χ3n) is 2.83. The first kappa shape index (κ1) is 17.1. The average Bonchev–Trinajstić information content (AvgIpc) is 2.48. The molecule has 0 saturated carbocycles. The number of urea groups is 1. The fourth-order valence-electron chi connectivity index (χ4n) is 1.80. The number of hydrogen-bond donors (Lipinski definition) is 2. The van der Waals surface area contributed by atoms with Crippen LogP contribution in [0.3, 0.4) is 0 Å². The Balaban J connectivity index is 2.12. The molecule has 0 unspecified atom stereocenters. The van der Waals surface area contributed by atoms with Gasteiger partial charge in [0.2, 0.25) is 0 Å². The van der Waals surface area contributed by atoms with Crippen LogP contribution in [-0.4, -0.2) is 19.0 Å². The van der Waals surface area contributed by atoms with Gasteiger partial charge in [0.15, 0.2) is 0 Å². The molecule has 23 heavy (non-hydrogen) atoms. The minimum Gasteiger partial charge on any atom is -0.495 e. The number of nitrogens with one attached hydrogen (secondary N) is 2. The summed E-state index contributed by atoms with van der Waals surface area (Å²) in [6.45, 7) is 0. The van der Waals surface area contributed by atoms with Gasteiger partial charge in [-0.15, -0.1) is 0 Å². The fraction of sp³-hybridized carbons (Fsp3) is 0.0667. The molecule has 2 N–H and O–H groups in total. The number of rotatable bonds is 3. The molecule has 3 amide bonds. The lowest BCUT2D eigenvalue weighted by Crippen LogP contribution is -2.35. The SMILES string of the molecule is COc1cc(Cl)ccc1NC(=O)NC(=O)c1c(F)cccc1Cl. The predicted molar refractivity (Wildman–Crippen MR) is 85.9 cm³/mol. The molecule has 0 aromatic heterocycles. The van der Waals surface area contributed by atoms with Crippen LogP contribution in [-0.2, 0) is 0 Å². The molecule has 0 radical (unpaired) electrons. The van der Waals surface area contributed by atoms with E-state index in [-0.39, 0.29) is 5.02 Å². The zero-order valence-electron chi connectivity index (χ0n) is 11.8. The zero-order chi connectivity index (χ0) is 17.0. The monoisotopic (exact) mass is 356 g/mol. The minimum atomic E-state index is -0.960. The van der Waals surface area contributed by atoms with E-state index in [1.165, 1.54) is 37.4 Å².